The van der Waals surface area contributed by atoms with Gasteiger partial charge < -0.3 is 40.4 Å². The number of ether oxygens (including phenoxy) is 2. The van der Waals surface area contributed by atoms with Crippen molar-refractivity contribution >= 4 is 63.7 Å². The van der Waals surface area contributed by atoms with Crippen molar-refractivity contribution in [3.05, 3.63) is 104 Å². The Balaban J connectivity index is 0.781. The lowest BCUT2D eigenvalue weighted by molar-refractivity contribution is -0.147. The Labute approximate surface area is 412 Å². The molecule has 4 aromatic rings. The number of fused-ring (bicyclic) bond motifs is 3. The highest BCUT2D eigenvalue weighted by Gasteiger charge is 2.45. The summed E-state index contributed by atoms with van der Waals surface area (Å²) in [4.78, 5) is 65.9. The zero-order valence-corrected chi connectivity index (χ0v) is 42.1. The fourth-order valence-electron chi connectivity index (χ4n) is 9.57. The zero-order valence-electron chi connectivity index (χ0n) is 40.5. The molecule has 6 atom stereocenters. The molecule has 2 aromatic carbocycles. The van der Waals surface area contributed by atoms with Gasteiger partial charge in [-0.2, -0.15) is 10.2 Å². The lowest BCUT2D eigenvalue weighted by Crippen LogP contribution is -2.58. The highest BCUT2D eigenvalue weighted by atomic mass is 35.5. The second-order valence-electron chi connectivity index (χ2n) is 19.9. The minimum Gasteiger partial charge on any atom is -0.391 e. The van der Waals surface area contributed by atoms with E-state index in [1.807, 2.05) is 90.1 Å². The van der Waals surface area contributed by atoms with Gasteiger partial charge in [0.1, 0.15) is 24.7 Å². The fraction of sp³-hybridized carbons (Fsp3) is 0.481. The first kappa shape index (κ1) is 49.9. The highest BCUT2D eigenvalue weighted by molar-refractivity contribution is 7.13. The molecule has 5 heterocycles. The van der Waals surface area contributed by atoms with Crippen LogP contribution in [-0.2, 0) is 28.7 Å². The van der Waals surface area contributed by atoms with E-state index < -0.39 is 41.5 Å². The maximum Gasteiger partial charge on any atom is 0.246 e. The van der Waals surface area contributed by atoms with Crippen LogP contribution in [0.4, 0.5) is 0 Å². The topological polar surface area (TPSA) is 199 Å². The van der Waals surface area contributed by atoms with Crippen molar-refractivity contribution < 1.29 is 33.8 Å². The van der Waals surface area contributed by atoms with Gasteiger partial charge in [-0.05, 0) is 98.7 Å². The molecule has 4 aliphatic rings. The van der Waals surface area contributed by atoms with Crippen LogP contribution >= 0.6 is 22.9 Å². The van der Waals surface area contributed by atoms with E-state index in [0.29, 0.717) is 31.0 Å². The number of rotatable bonds is 16. The van der Waals surface area contributed by atoms with Gasteiger partial charge in [0.05, 0.1) is 60.4 Å². The number of likely N-dealkylation sites (tertiary alicyclic amines) is 1. The molecule has 0 bridgehead atoms. The Morgan fingerprint density at radius 1 is 0.913 bits per heavy atom. The fourth-order valence-corrected chi connectivity index (χ4v) is 10.6. The first-order chi connectivity index (χ1) is 32.9. The number of hydrogen-bond donors (Lipinski definition) is 5. The average molecular weight is 980 g/mol. The monoisotopic (exact) mass is 978 g/mol. The van der Waals surface area contributed by atoms with E-state index in [2.05, 4.69) is 56.4 Å². The molecular weight excluding hydrogens is 916 g/mol. The molecule has 0 spiro atoms. The van der Waals surface area contributed by atoms with Crippen LogP contribution in [0.2, 0.25) is 5.02 Å². The zero-order chi connectivity index (χ0) is 49.3. The standard InChI is InChI=1S/C52H63ClN8O7S/c1-27-17-20-69-48(27)34-11-9-32(10-12-34)30(4)56-50(65)40-21-36(62)25-61(40)51(66)49(52(6,7)8)58-42(64)26-68-38-22-37(23-38)67-19-18-54-41(63)24-39-46-44(31(5)59-60-46)47-43(28(2)29(3)55-47)45(57-39)33-13-15-35(53)16-14-33/h9-17,20,30,36-40,44,49,55,62H,18-19,21-26H2,1-8H3,(H,54,63)(H,56,65)(H,58,64)/t30?,36-,37-,38-,39+,40+,44?,49-/m1/s1. The molecule has 1 saturated heterocycles. The van der Waals surface area contributed by atoms with E-state index in [-0.39, 0.29) is 62.0 Å². The van der Waals surface area contributed by atoms with E-state index in [9.17, 15) is 24.3 Å². The Morgan fingerprint density at radius 3 is 2.29 bits per heavy atom. The van der Waals surface area contributed by atoms with Crippen LogP contribution in [0.1, 0.15) is 111 Å². The number of halogens is 1. The summed E-state index contributed by atoms with van der Waals surface area (Å²) >= 11 is 7.93. The van der Waals surface area contributed by atoms with Crippen LogP contribution < -0.4 is 16.0 Å². The van der Waals surface area contributed by atoms with Gasteiger partial charge in [0.2, 0.25) is 23.6 Å². The van der Waals surface area contributed by atoms with Crippen LogP contribution in [-0.4, -0.2) is 118 Å². The summed E-state index contributed by atoms with van der Waals surface area (Å²) < 4.78 is 11.9. The van der Waals surface area contributed by atoms with Gasteiger partial charge in [-0.1, -0.05) is 68.8 Å². The molecular formula is C52H63ClN8O7S. The molecule has 2 aromatic heterocycles. The second kappa shape index (κ2) is 20.8. The van der Waals surface area contributed by atoms with Gasteiger partial charge in [-0.25, -0.2) is 0 Å². The van der Waals surface area contributed by atoms with Crippen LogP contribution in [0.5, 0.6) is 0 Å². The number of H-pyrrole nitrogens is 1. The number of aliphatic hydroxyl groups is 1. The Kier molecular flexibility index (Phi) is 15.1. The van der Waals surface area contributed by atoms with Gasteiger partial charge in [0, 0.05) is 51.9 Å². The summed E-state index contributed by atoms with van der Waals surface area (Å²) in [6.07, 6.45) is 0.144. The molecule has 4 amide bonds. The number of aromatic nitrogens is 1. The van der Waals surface area contributed by atoms with Crippen LogP contribution in [0, 0.1) is 26.2 Å². The minimum atomic E-state index is -0.974. The number of carbonyl (C=O) groups excluding carboxylic acids is 4. The third-order valence-corrected chi connectivity index (χ3v) is 15.0. The van der Waals surface area contributed by atoms with Gasteiger partial charge in [0.15, 0.2) is 0 Å². The van der Waals surface area contributed by atoms with Crippen molar-refractivity contribution in [3.8, 4) is 10.4 Å². The lowest BCUT2D eigenvalue weighted by Gasteiger charge is -2.36. The van der Waals surface area contributed by atoms with E-state index in [1.165, 1.54) is 15.3 Å². The van der Waals surface area contributed by atoms with Crippen molar-refractivity contribution in [2.45, 2.75) is 129 Å². The number of aryl methyl sites for hydroxylation is 2. The SMILES string of the molecule is CC1=NN=C2C1c1[nH]c(C)c(C)c1C(c1ccc(Cl)cc1)=N[C@H]2CC(=O)NCCO[C@H]1C[C@H](OCC(=O)N[C@H](C(=O)N2C[C@H](O)C[C@H]2C(=O)NC(C)c2ccc(-c3sccc3C)cc2)C(C)(C)C)C1. The Hall–Kier alpha value is -5.52. The lowest BCUT2D eigenvalue weighted by atomic mass is 9.85. The number of hydrogen-bond acceptors (Lipinski definition) is 11. The van der Waals surface area contributed by atoms with Crippen LogP contribution in [0.15, 0.2) is 75.2 Å². The Bertz CT molecular complexity index is 2660. The summed E-state index contributed by atoms with van der Waals surface area (Å²) in [6.45, 7) is 15.9. The molecule has 2 fully saturated rings. The number of nitrogens with zero attached hydrogens (tertiary/aromatic N) is 4. The van der Waals surface area contributed by atoms with Crippen molar-refractivity contribution in [2.24, 2.45) is 20.6 Å². The number of carbonyl (C=O) groups is 4. The Morgan fingerprint density at radius 2 is 1.61 bits per heavy atom. The van der Waals surface area contributed by atoms with Gasteiger partial charge in [-0.3, -0.25) is 24.2 Å². The highest BCUT2D eigenvalue weighted by Crippen LogP contribution is 2.38. The summed E-state index contributed by atoms with van der Waals surface area (Å²) in [7, 11) is 0. The normalized spacial score (nSPS) is 22.8. The average Bonchev–Trinajstić information content (AvgIpc) is 4.06. The predicted molar refractivity (Wildman–Crippen MR) is 269 cm³/mol. The third-order valence-electron chi connectivity index (χ3n) is 13.7. The van der Waals surface area contributed by atoms with E-state index in [4.69, 9.17) is 26.1 Å². The smallest absolute Gasteiger partial charge is 0.246 e. The molecule has 0 radical (unpaired) electrons. The number of thiophene rings is 1. The summed E-state index contributed by atoms with van der Waals surface area (Å²) in [5.41, 5.74) is 9.86. The molecule has 17 heteroatoms. The van der Waals surface area contributed by atoms with Crippen molar-refractivity contribution in [2.75, 3.05) is 26.3 Å². The maximum absolute atomic E-state index is 14.2. The molecule has 2 unspecified atom stereocenters. The van der Waals surface area contributed by atoms with Gasteiger partial charge >= 0.3 is 0 Å². The largest absolute Gasteiger partial charge is 0.391 e. The predicted octanol–water partition coefficient (Wildman–Crippen LogP) is 6.90. The number of aromatic amines is 1. The number of aliphatic hydroxyl groups excluding tert-OH is 1. The molecule has 366 valence electrons. The first-order valence-corrected chi connectivity index (χ1v) is 25.0. The summed E-state index contributed by atoms with van der Waals surface area (Å²) in [5.74, 6) is -1.66. The summed E-state index contributed by atoms with van der Waals surface area (Å²) in [5, 5.41) is 31.2. The minimum absolute atomic E-state index is 0.0206. The third kappa shape index (κ3) is 11.1. The van der Waals surface area contributed by atoms with Crippen LogP contribution in [0.25, 0.3) is 10.4 Å². The molecule has 15 nitrogen and oxygen atoms in total. The second-order valence-corrected chi connectivity index (χ2v) is 21.2. The molecule has 3 aliphatic heterocycles. The molecule has 1 aliphatic carbocycles. The number of benzene rings is 2. The number of aliphatic imine (C=N–C) groups is 1. The van der Waals surface area contributed by atoms with Crippen molar-refractivity contribution in [1.29, 1.82) is 0 Å². The quantitative estimate of drug-likeness (QED) is 0.0753. The molecule has 69 heavy (non-hydrogen) atoms. The van der Waals surface area contributed by atoms with E-state index in [1.54, 1.807) is 11.3 Å². The first-order valence-electron chi connectivity index (χ1n) is 23.7. The van der Waals surface area contributed by atoms with Gasteiger partial charge in [-0.15, -0.1) is 11.3 Å². The maximum atomic E-state index is 14.2. The van der Waals surface area contributed by atoms with E-state index in [0.717, 1.165) is 56.3 Å². The number of β-amino-alcohol motifs (C(OH)–C–C–N with tert-alkyl or cyclic N) is 1. The molecule has 1 saturated carbocycles. The number of nitrogens with one attached hydrogen (secondary N) is 4. The number of amides is 4. The van der Waals surface area contributed by atoms with Gasteiger partial charge in [0.25, 0.3) is 0 Å². The van der Waals surface area contributed by atoms with Crippen molar-refractivity contribution in [1.82, 2.24) is 25.8 Å². The van der Waals surface area contributed by atoms with Crippen molar-refractivity contribution in [3.63, 3.8) is 0 Å². The molecule has 5 N–H and O–H groups in total. The molecule has 8 rings (SSSR count). The summed E-state index contributed by atoms with van der Waals surface area (Å²) in [6, 6.07) is 15.0. The van der Waals surface area contributed by atoms with Crippen LogP contribution in [0.3, 0.4) is 0 Å². The van der Waals surface area contributed by atoms with E-state index >= 15 is 0 Å².